The molecule has 2 rings (SSSR count). The van der Waals surface area contributed by atoms with Crippen molar-refractivity contribution in [1.82, 2.24) is 14.9 Å². The maximum absolute atomic E-state index is 5.83. The lowest BCUT2D eigenvalue weighted by Crippen LogP contribution is -2.45. The van der Waals surface area contributed by atoms with Crippen LogP contribution in [0.2, 0.25) is 0 Å². The number of imidazole rings is 1. The summed E-state index contributed by atoms with van der Waals surface area (Å²) in [4.78, 5) is 4.43. The minimum absolute atomic E-state index is 0.306. The van der Waals surface area contributed by atoms with Crippen LogP contribution in [0.15, 0.2) is 12.4 Å². The van der Waals surface area contributed by atoms with Crippen molar-refractivity contribution < 1.29 is 4.74 Å². The summed E-state index contributed by atoms with van der Waals surface area (Å²) >= 11 is 1.98. The van der Waals surface area contributed by atoms with E-state index in [4.69, 9.17) is 4.74 Å². The van der Waals surface area contributed by atoms with Crippen molar-refractivity contribution in [3.05, 3.63) is 18.2 Å². The molecule has 0 saturated carbocycles. The molecule has 0 radical (unpaired) electrons. The van der Waals surface area contributed by atoms with E-state index in [0.29, 0.717) is 12.1 Å². The quantitative estimate of drug-likeness (QED) is 0.857. The number of nitrogens with zero attached hydrogens (tertiary/aromatic N) is 2. The molecule has 1 aromatic rings. The van der Waals surface area contributed by atoms with Gasteiger partial charge in [0.05, 0.1) is 12.7 Å². The van der Waals surface area contributed by atoms with Crippen molar-refractivity contribution in [3.63, 3.8) is 0 Å². The van der Waals surface area contributed by atoms with Crippen LogP contribution in [0.3, 0.4) is 0 Å². The van der Waals surface area contributed by atoms with Gasteiger partial charge in [-0.05, 0) is 14.0 Å². The molecule has 2 heterocycles. The number of rotatable bonds is 5. The van der Waals surface area contributed by atoms with Gasteiger partial charge in [-0.3, -0.25) is 0 Å². The minimum atomic E-state index is 0.306. The lowest BCUT2D eigenvalue weighted by atomic mass is 10.1. The van der Waals surface area contributed by atoms with Crippen molar-refractivity contribution in [2.75, 3.05) is 25.2 Å². The summed E-state index contributed by atoms with van der Waals surface area (Å²) in [5, 5.41) is 3.37. The van der Waals surface area contributed by atoms with Crippen molar-refractivity contribution in [2.24, 2.45) is 0 Å². The van der Waals surface area contributed by atoms with E-state index in [9.17, 15) is 0 Å². The standard InChI is InChI=1S/C12H21N3OS/c1-3-15-5-4-14-12(15)8-10(13-2)11-9-17-7-6-16-11/h4-5,10-11,13H,3,6-9H2,1-2H3. The molecule has 0 aliphatic carbocycles. The number of aryl methyl sites for hydroxylation is 1. The van der Waals surface area contributed by atoms with Crippen LogP contribution in [0.25, 0.3) is 0 Å². The Morgan fingerprint density at radius 1 is 1.71 bits per heavy atom. The molecule has 1 aromatic heterocycles. The Kier molecular flexibility index (Phi) is 4.88. The van der Waals surface area contributed by atoms with E-state index >= 15 is 0 Å². The lowest BCUT2D eigenvalue weighted by Gasteiger charge is -2.29. The normalized spacial score (nSPS) is 22.6. The predicted molar refractivity (Wildman–Crippen MR) is 71.5 cm³/mol. The van der Waals surface area contributed by atoms with Crippen LogP contribution in [0.1, 0.15) is 12.7 Å². The first-order valence-electron chi connectivity index (χ1n) is 6.21. The van der Waals surface area contributed by atoms with E-state index in [0.717, 1.165) is 36.9 Å². The number of likely N-dealkylation sites (N-methyl/N-ethyl adjacent to an activating group) is 1. The first-order valence-corrected chi connectivity index (χ1v) is 7.37. The molecule has 1 saturated heterocycles. The molecule has 4 nitrogen and oxygen atoms in total. The number of ether oxygens (including phenoxy) is 1. The third-order valence-corrected chi connectivity index (χ3v) is 4.23. The number of thioether (sulfide) groups is 1. The maximum Gasteiger partial charge on any atom is 0.110 e. The van der Waals surface area contributed by atoms with Gasteiger partial charge in [-0.15, -0.1) is 0 Å². The van der Waals surface area contributed by atoms with E-state index in [-0.39, 0.29) is 0 Å². The van der Waals surface area contributed by atoms with Crippen LogP contribution < -0.4 is 5.32 Å². The third-order valence-electron chi connectivity index (χ3n) is 3.21. The zero-order valence-electron chi connectivity index (χ0n) is 10.6. The summed E-state index contributed by atoms with van der Waals surface area (Å²) in [7, 11) is 2.01. The Morgan fingerprint density at radius 2 is 2.59 bits per heavy atom. The molecule has 0 amide bonds. The smallest absolute Gasteiger partial charge is 0.110 e. The Labute approximate surface area is 107 Å². The van der Waals surface area contributed by atoms with Crippen LogP contribution in [-0.4, -0.2) is 46.9 Å². The van der Waals surface area contributed by atoms with Crippen LogP contribution in [0, 0.1) is 0 Å². The fraction of sp³-hybridized carbons (Fsp3) is 0.750. The first kappa shape index (κ1) is 12.9. The molecule has 1 aliphatic heterocycles. The molecule has 2 unspecified atom stereocenters. The average Bonchev–Trinajstić information content (AvgIpc) is 2.84. The van der Waals surface area contributed by atoms with E-state index in [1.807, 2.05) is 31.2 Å². The van der Waals surface area contributed by atoms with E-state index in [1.165, 1.54) is 0 Å². The highest BCUT2D eigenvalue weighted by atomic mass is 32.2. The second-order valence-electron chi connectivity index (χ2n) is 4.21. The molecule has 2 atom stereocenters. The van der Waals surface area contributed by atoms with E-state index in [2.05, 4.69) is 21.8 Å². The monoisotopic (exact) mass is 255 g/mol. The topological polar surface area (TPSA) is 39.1 Å². The molecule has 1 fully saturated rings. The minimum Gasteiger partial charge on any atom is -0.375 e. The molecule has 1 N–H and O–H groups in total. The Hall–Kier alpha value is -0.520. The second kappa shape index (κ2) is 6.42. The van der Waals surface area contributed by atoms with E-state index < -0.39 is 0 Å². The van der Waals surface area contributed by atoms with Crippen LogP contribution in [-0.2, 0) is 17.7 Å². The first-order chi connectivity index (χ1) is 8.35. The average molecular weight is 255 g/mol. The number of hydrogen-bond donors (Lipinski definition) is 1. The summed E-state index contributed by atoms with van der Waals surface area (Å²) in [5.41, 5.74) is 0. The van der Waals surface area contributed by atoms with Gasteiger partial charge in [-0.25, -0.2) is 4.98 Å². The summed E-state index contributed by atoms with van der Waals surface area (Å²) in [6, 6.07) is 0.357. The third kappa shape index (κ3) is 3.24. The predicted octanol–water partition coefficient (Wildman–Crippen LogP) is 1.17. The molecule has 0 aromatic carbocycles. The number of aromatic nitrogens is 2. The highest BCUT2D eigenvalue weighted by Crippen LogP contribution is 2.17. The van der Waals surface area contributed by atoms with Crippen LogP contribution in [0.5, 0.6) is 0 Å². The van der Waals surface area contributed by atoms with Crippen molar-refractivity contribution in [3.8, 4) is 0 Å². The van der Waals surface area contributed by atoms with Crippen LogP contribution >= 0.6 is 11.8 Å². The zero-order valence-corrected chi connectivity index (χ0v) is 11.4. The summed E-state index contributed by atoms with van der Waals surface area (Å²) in [6.07, 6.45) is 5.16. The number of hydrogen-bond acceptors (Lipinski definition) is 4. The Morgan fingerprint density at radius 3 is 3.24 bits per heavy atom. The molecule has 0 bridgehead atoms. The van der Waals surface area contributed by atoms with Gasteiger partial charge in [0.1, 0.15) is 5.82 Å². The van der Waals surface area contributed by atoms with E-state index in [1.54, 1.807) is 0 Å². The van der Waals surface area contributed by atoms with Gasteiger partial charge in [-0.1, -0.05) is 0 Å². The van der Waals surface area contributed by atoms with Gasteiger partial charge in [0.25, 0.3) is 0 Å². The van der Waals surface area contributed by atoms with Crippen molar-refractivity contribution in [2.45, 2.75) is 32.0 Å². The molecular weight excluding hydrogens is 234 g/mol. The Balaban J connectivity index is 1.98. The number of nitrogens with one attached hydrogen (secondary N) is 1. The molecular formula is C12H21N3OS. The fourth-order valence-corrected chi connectivity index (χ4v) is 3.11. The second-order valence-corrected chi connectivity index (χ2v) is 5.36. The fourth-order valence-electron chi connectivity index (χ4n) is 2.17. The largest absolute Gasteiger partial charge is 0.375 e. The molecule has 1 aliphatic rings. The SMILES string of the molecule is CCn1ccnc1CC(NC)C1CSCCO1. The van der Waals surface area contributed by atoms with Gasteiger partial charge in [0.15, 0.2) is 0 Å². The van der Waals surface area contributed by atoms with Gasteiger partial charge >= 0.3 is 0 Å². The molecule has 5 heteroatoms. The molecule has 96 valence electrons. The maximum atomic E-state index is 5.83. The zero-order chi connectivity index (χ0) is 12.1. The molecule has 17 heavy (non-hydrogen) atoms. The van der Waals surface area contributed by atoms with Crippen LogP contribution in [0.4, 0.5) is 0 Å². The van der Waals surface area contributed by atoms with Gasteiger partial charge in [-0.2, -0.15) is 11.8 Å². The summed E-state index contributed by atoms with van der Waals surface area (Å²) in [6.45, 7) is 3.99. The summed E-state index contributed by atoms with van der Waals surface area (Å²) < 4.78 is 8.03. The molecule has 0 spiro atoms. The highest BCUT2D eigenvalue weighted by Gasteiger charge is 2.24. The summed E-state index contributed by atoms with van der Waals surface area (Å²) in [5.74, 6) is 3.35. The van der Waals surface area contributed by atoms with Crippen molar-refractivity contribution >= 4 is 11.8 Å². The lowest BCUT2D eigenvalue weighted by molar-refractivity contribution is 0.0485. The van der Waals surface area contributed by atoms with Crippen molar-refractivity contribution in [1.29, 1.82) is 0 Å². The van der Waals surface area contributed by atoms with Gasteiger partial charge in [0, 0.05) is 42.9 Å². The van der Waals surface area contributed by atoms with Gasteiger partial charge in [0.2, 0.25) is 0 Å². The highest BCUT2D eigenvalue weighted by molar-refractivity contribution is 7.99. The van der Waals surface area contributed by atoms with Gasteiger partial charge < -0.3 is 14.6 Å². The Bertz CT molecular complexity index is 336.